The molecule has 16 heavy (non-hydrogen) atoms. The maximum absolute atomic E-state index is 9.08. The normalized spacial score (nSPS) is 18.1. The third kappa shape index (κ3) is 2.55. The standard InChI is InChI=1S/C11H13ClN2OS/c1-14(4-9-2-3-10(12)16-9)6-11(5-13)7-15-8-11/h2-3H,4,6-8H2,1H3. The van der Waals surface area contributed by atoms with Crippen LogP contribution in [0.2, 0.25) is 4.34 Å². The van der Waals surface area contributed by atoms with E-state index in [9.17, 15) is 0 Å². The van der Waals surface area contributed by atoms with Crippen molar-refractivity contribution in [3.05, 3.63) is 21.3 Å². The van der Waals surface area contributed by atoms with Gasteiger partial charge < -0.3 is 4.74 Å². The summed E-state index contributed by atoms with van der Waals surface area (Å²) < 4.78 is 5.93. The number of ether oxygens (including phenoxy) is 1. The number of halogens is 1. The Morgan fingerprint density at radius 3 is 2.81 bits per heavy atom. The van der Waals surface area contributed by atoms with E-state index in [1.54, 1.807) is 11.3 Å². The third-order valence-corrected chi connectivity index (χ3v) is 3.84. The van der Waals surface area contributed by atoms with Crippen LogP contribution in [0.1, 0.15) is 4.88 Å². The molecule has 86 valence electrons. The first-order valence-corrected chi connectivity index (χ1v) is 6.25. The lowest BCUT2D eigenvalue weighted by molar-refractivity contribution is -0.0894. The maximum Gasteiger partial charge on any atom is 0.116 e. The predicted octanol–water partition coefficient (Wildman–Crippen LogP) is 2.37. The smallest absolute Gasteiger partial charge is 0.116 e. The molecule has 0 N–H and O–H groups in total. The molecule has 1 aromatic heterocycles. The Morgan fingerprint density at radius 2 is 2.38 bits per heavy atom. The number of nitriles is 1. The van der Waals surface area contributed by atoms with E-state index in [-0.39, 0.29) is 5.41 Å². The van der Waals surface area contributed by atoms with E-state index in [0.717, 1.165) is 17.4 Å². The van der Waals surface area contributed by atoms with Crippen LogP contribution in [0.5, 0.6) is 0 Å². The number of rotatable bonds is 4. The van der Waals surface area contributed by atoms with Crippen LogP contribution in [-0.4, -0.2) is 31.7 Å². The molecular formula is C11H13ClN2OS. The fourth-order valence-electron chi connectivity index (χ4n) is 1.81. The first-order valence-electron chi connectivity index (χ1n) is 5.05. The maximum atomic E-state index is 9.08. The summed E-state index contributed by atoms with van der Waals surface area (Å²) in [6.07, 6.45) is 0. The molecule has 0 aliphatic carbocycles. The van der Waals surface area contributed by atoms with Crippen LogP contribution in [0.15, 0.2) is 12.1 Å². The average molecular weight is 257 g/mol. The van der Waals surface area contributed by atoms with Gasteiger partial charge in [0.15, 0.2) is 0 Å². The van der Waals surface area contributed by atoms with Crippen LogP contribution in [-0.2, 0) is 11.3 Å². The summed E-state index contributed by atoms with van der Waals surface area (Å²) in [4.78, 5) is 3.37. The first kappa shape index (κ1) is 11.9. The summed E-state index contributed by atoms with van der Waals surface area (Å²) in [6.45, 7) is 2.69. The summed E-state index contributed by atoms with van der Waals surface area (Å²) in [6, 6.07) is 6.28. The van der Waals surface area contributed by atoms with Gasteiger partial charge in [0.1, 0.15) is 5.41 Å². The molecule has 1 aliphatic heterocycles. The third-order valence-electron chi connectivity index (χ3n) is 2.62. The van der Waals surface area contributed by atoms with Crippen LogP contribution < -0.4 is 0 Å². The molecule has 0 saturated carbocycles. The minimum atomic E-state index is -0.296. The quantitative estimate of drug-likeness (QED) is 0.830. The van der Waals surface area contributed by atoms with E-state index in [2.05, 4.69) is 11.0 Å². The van der Waals surface area contributed by atoms with Gasteiger partial charge in [-0.05, 0) is 19.2 Å². The molecule has 0 atom stereocenters. The summed E-state index contributed by atoms with van der Waals surface area (Å²) in [5.41, 5.74) is -0.296. The molecule has 2 heterocycles. The van der Waals surface area contributed by atoms with Gasteiger partial charge in [0.05, 0.1) is 23.6 Å². The number of nitrogens with zero attached hydrogens (tertiary/aromatic N) is 2. The largest absolute Gasteiger partial charge is 0.378 e. The van der Waals surface area contributed by atoms with Gasteiger partial charge in [0.2, 0.25) is 0 Å². The lowest BCUT2D eigenvalue weighted by atomic mass is 9.87. The van der Waals surface area contributed by atoms with Gasteiger partial charge in [-0.15, -0.1) is 11.3 Å². The molecule has 0 amide bonds. The second-order valence-electron chi connectivity index (χ2n) is 4.26. The summed E-state index contributed by atoms with van der Waals surface area (Å²) in [5, 5.41) is 9.08. The van der Waals surface area contributed by atoms with Crippen LogP contribution >= 0.6 is 22.9 Å². The van der Waals surface area contributed by atoms with Crippen molar-refractivity contribution in [2.75, 3.05) is 26.8 Å². The van der Waals surface area contributed by atoms with E-state index in [1.165, 1.54) is 4.88 Å². The van der Waals surface area contributed by atoms with Gasteiger partial charge in [-0.1, -0.05) is 11.6 Å². The highest BCUT2D eigenvalue weighted by Crippen LogP contribution is 2.28. The number of hydrogen-bond donors (Lipinski definition) is 0. The molecule has 0 bridgehead atoms. The van der Waals surface area contributed by atoms with E-state index in [4.69, 9.17) is 21.6 Å². The Balaban J connectivity index is 1.89. The van der Waals surface area contributed by atoms with Crippen molar-refractivity contribution in [3.63, 3.8) is 0 Å². The molecular weight excluding hydrogens is 244 g/mol. The highest BCUT2D eigenvalue weighted by atomic mass is 35.5. The Morgan fingerprint density at radius 1 is 1.62 bits per heavy atom. The number of hydrogen-bond acceptors (Lipinski definition) is 4. The summed E-state index contributed by atoms with van der Waals surface area (Å²) >= 11 is 7.46. The fraction of sp³-hybridized carbons (Fsp3) is 0.545. The van der Waals surface area contributed by atoms with Crippen LogP contribution in [0.25, 0.3) is 0 Å². The van der Waals surface area contributed by atoms with Crippen LogP contribution in [0, 0.1) is 16.7 Å². The molecule has 0 spiro atoms. The molecule has 0 aromatic carbocycles. The zero-order chi connectivity index (χ0) is 11.6. The van der Waals surface area contributed by atoms with Crippen molar-refractivity contribution in [2.24, 2.45) is 5.41 Å². The van der Waals surface area contributed by atoms with E-state index >= 15 is 0 Å². The van der Waals surface area contributed by atoms with Crippen molar-refractivity contribution >= 4 is 22.9 Å². The second-order valence-corrected chi connectivity index (χ2v) is 6.06. The molecule has 0 unspecified atom stereocenters. The van der Waals surface area contributed by atoms with Crippen LogP contribution in [0.4, 0.5) is 0 Å². The molecule has 2 rings (SSSR count). The van der Waals surface area contributed by atoms with Gasteiger partial charge in [-0.2, -0.15) is 5.26 Å². The average Bonchev–Trinajstić information content (AvgIpc) is 2.57. The van der Waals surface area contributed by atoms with Gasteiger partial charge >= 0.3 is 0 Å². The Hall–Kier alpha value is -0.600. The van der Waals surface area contributed by atoms with Crippen molar-refractivity contribution in [2.45, 2.75) is 6.54 Å². The Labute approximate surface area is 104 Å². The predicted molar refractivity (Wildman–Crippen MR) is 64.5 cm³/mol. The highest BCUT2D eigenvalue weighted by molar-refractivity contribution is 7.16. The monoisotopic (exact) mass is 256 g/mol. The highest BCUT2D eigenvalue weighted by Gasteiger charge is 2.39. The lowest BCUT2D eigenvalue weighted by Gasteiger charge is -2.37. The zero-order valence-corrected chi connectivity index (χ0v) is 10.6. The first-order chi connectivity index (χ1) is 7.63. The summed E-state index contributed by atoms with van der Waals surface area (Å²) in [5.74, 6) is 0. The van der Waals surface area contributed by atoms with E-state index in [0.29, 0.717) is 13.2 Å². The molecule has 1 fully saturated rings. The van der Waals surface area contributed by atoms with Crippen molar-refractivity contribution in [1.82, 2.24) is 4.90 Å². The molecule has 0 radical (unpaired) electrons. The fourth-order valence-corrected chi connectivity index (χ4v) is 2.98. The van der Waals surface area contributed by atoms with Gasteiger partial charge in [0.25, 0.3) is 0 Å². The van der Waals surface area contributed by atoms with Gasteiger partial charge in [-0.3, -0.25) is 4.90 Å². The van der Waals surface area contributed by atoms with Gasteiger partial charge in [-0.25, -0.2) is 0 Å². The Kier molecular flexibility index (Phi) is 3.50. The molecule has 3 nitrogen and oxygen atoms in total. The van der Waals surface area contributed by atoms with Crippen molar-refractivity contribution in [3.8, 4) is 6.07 Å². The van der Waals surface area contributed by atoms with Gasteiger partial charge in [0, 0.05) is 18.0 Å². The molecule has 1 aliphatic rings. The topological polar surface area (TPSA) is 36.3 Å². The SMILES string of the molecule is CN(Cc1ccc(Cl)s1)CC1(C#N)COC1. The molecule has 1 saturated heterocycles. The van der Waals surface area contributed by atoms with Crippen molar-refractivity contribution in [1.29, 1.82) is 5.26 Å². The molecule has 1 aromatic rings. The number of thiophene rings is 1. The minimum absolute atomic E-state index is 0.296. The zero-order valence-electron chi connectivity index (χ0n) is 9.07. The minimum Gasteiger partial charge on any atom is -0.378 e. The van der Waals surface area contributed by atoms with Crippen molar-refractivity contribution < 1.29 is 4.74 Å². The van der Waals surface area contributed by atoms with Crippen LogP contribution in [0.3, 0.4) is 0 Å². The van der Waals surface area contributed by atoms with E-state index < -0.39 is 0 Å². The lowest BCUT2D eigenvalue weighted by Crippen LogP contribution is -2.48. The second kappa shape index (κ2) is 4.72. The molecule has 5 heteroatoms. The van der Waals surface area contributed by atoms with E-state index in [1.807, 2.05) is 19.2 Å². The summed E-state index contributed by atoms with van der Waals surface area (Å²) in [7, 11) is 2.02. The Bertz CT molecular complexity index is 408.